The predicted molar refractivity (Wildman–Crippen MR) is 73.2 cm³/mol. The minimum atomic E-state index is 0.148. The number of carbonyl (C=O) groups excluding carboxylic acids is 1. The summed E-state index contributed by atoms with van der Waals surface area (Å²) in [5.74, 6) is 0.887. The number of carbonyl (C=O) groups is 1. The van der Waals surface area contributed by atoms with Crippen molar-refractivity contribution < 1.29 is 4.79 Å². The Morgan fingerprint density at radius 2 is 2.18 bits per heavy atom. The number of halogens is 1. The summed E-state index contributed by atoms with van der Waals surface area (Å²) in [6.07, 6.45) is 2.55. The molecule has 1 aromatic rings. The lowest BCUT2D eigenvalue weighted by Gasteiger charge is -2.21. The lowest BCUT2D eigenvalue weighted by atomic mass is 10.1. The van der Waals surface area contributed by atoms with E-state index >= 15 is 0 Å². The molecule has 1 amide bonds. The van der Waals surface area contributed by atoms with Gasteiger partial charge in [0, 0.05) is 17.6 Å². The van der Waals surface area contributed by atoms with Crippen LogP contribution < -0.4 is 0 Å². The third-order valence-corrected chi connectivity index (χ3v) is 4.32. The molecule has 3 heteroatoms. The van der Waals surface area contributed by atoms with Crippen molar-refractivity contribution in [1.82, 2.24) is 4.90 Å². The monoisotopic (exact) mass is 295 g/mol. The van der Waals surface area contributed by atoms with Gasteiger partial charge in [-0.1, -0.05) is 12.1 Å². The molecule has 92 valence electrons. The molecular formula is C14H18BrNO. The van der Waals surface area contributed by atoms with E-state index in [1.807, 2.05) is 36.9 Å². The van der Waals surface area contributed by atoms with Crippen LogP contribution in [0.2, 0.25) is 0 Å². The van der Waals surface area contributed by atoms with Crippen LogP contribution in [0, 0.1) is 12.8 Å². The molecule has 0 aliphatic heterocycles. The summed E-state index contributed by atoms with van der Waals surface area (Å²) in [4.78, 5) is 14.4. The van der Waals surface area contributed by atoms with Gasteiger partial charge < -0.3 is 4.90 Å². The first-order valence-corrected chi connectivity index (χ1v) is 6.97. The van der Waals surface area contributed by atoms with Gasteiger partial charge in [-0.05, 0) is 60.2 Å². The zero-order chi connectivity index (χ0) is 12.4. The fraction of sp³-hybridized carbons (Fsp3) is 0.500. The molecule has 17 heavy (non-hydrogen) atoms. The lowest BCUT2D eigenvalue weighted by molar-refractivity contribution is 0.0756. The van der Waals surface area contributed by atoms with E-state index in [1.54, 1.807) is 0 Å². The van der Waals surface area contributed by atoms with Crippen molar-refractivity contribution in [2.24, 2.45) is 5.92 Å². The molecule has 1 aromatic carbocycles. The summed E-state index contributed by atoms with van der Waals surface area (Å²) in [6.45, 7) is 5.76. The second-order valence-corrected chi connectivity index (χ2v) is 5.52. The van der Waals surface area contributed by atoms with Gasteiger partial charge in [-0.25, -0.2) is 0 Å². The van der Waals surface area contributed by atoms with Crippen LogP contribution in [0.25, 0.3) is 0 Å². The molecule has 0 heterocycles. The molecule has 1 aliphatic carbocycles. The molecule has 0 radical (unpaired) electrons. The summed E-state index contributed by atoms with van der Waals surface area (Å²) in [5.41, 5.74) is 1.89. The van der Waals surface area contributed by atoms with Gasteiger partial charge in [-0.2, -0.15) is 0 Å². The number of amides is 1. The molecule has 1 saturated carbocycles. The number of hydrogen-bond acceptors (Lipinski definition) is 1. The van der Waals surface area contributed by atoms with Crippen LogP contribution in [-0.4, -0.2) is 23.9 Å². The van der Waals surface area contributed by atoms with Crippen molar-refractivity contribution in [2.75, 3.05) is 13.1 Å². The topological polar surface area (TPSA) is 20.3 Å². The van der Waals surface area contributed by atoms with Crippen molar-refractivity contribution >= 4 is 21.8 Å². The summed E-state index contributed by atoms with van der Waals surface area (Å²) in [7, 11) is 0. The molecule has 1 fully saturated rings. The Bertz CT molecular complexity index is 426. The highest BCUT2D eigenvalue weighted by Gasteiger charge is 2.27. The summed E-state index contributed by atoms with van der Waals surface area (Å²) in [6, 6.07) is 5.85. The average molecular weight is 296 g/mol. The van der Waals surface area contributed by atoms with Crippen molar-refractivity contribution in [3.63, 3.8) is 0 Å². The minimum Gasteiger partial charge on any atom is -0.339 e. The maximum atomic E-state index is 12.4. The largest absolute Gasteiger partial charge is 0.339 e. The van der Waals surface area contributed by atoms with E-state index in [0.29, 0.717) is 0 Å². The standard InChI is InChI=1S/C14H18BrNO/c1-3-16(9-11-7-8-11)14(17)12-6-4-5-10(2)13(12)15/h4-6,11H,3,7-9H2,1-2H3. The number of benzene rings is 1. The second-order valence-electron chi connectivity index (χ2n) is 4.72. The van der Waals surface area contributed by atoms with Gasteiger partial charge >= 0.3 is 0 Å². The Labute approximate surface area is 111 Å². The van der Waals surface area contributed by atoms with Crippen LogP contribution in [0.4, 0.5) is 0 Å². The fourth-order valence-corrected chi connectivity index (χ4v) is 2.38. The second kappa shape index (κ2) is 5.21. The first-order valence-electron chi connectivity index (χ1n) is 6.18. The van der Waals surface area contributed by atoms with Gasteiger partial charge in [0.25, 0.3) is 5.91 Å². The molecular weight excluding hydrogens is 278 g/mol. The fourth-order valence-electron chi connectivity index (χ4n) is 1.95. The third kappa shape index (κ3) is 2.89. The number of hydrogen-bond donors (Lipinski definition) is 0. The maximum absolute atomic E-state index is 12.4. The van der Waals surface area contributed by atoms with E-state index in [0.717, 1.165) is 34.6 Å². The van der Waals surface area contributed by atoms with E-state index in [2.05, 4.69) is 15.9 Å². The van der Waals surface area contributed by atoms with E-state index < -0.39 is 0 Å². The van der Waals surface area contributed by atoms with E-state index in [1.165, 1.54) is 12.8 Å². The third-order valence-electron chi connectivity index (χ3n) is 3.27. The maximum Gasteiger partial charge on any atom is 0.255 e. The molecule has 0 N–H and O–H groups in total. The van der Waals surface area contributed by atoms with Crippen molar-refractivity contribution in [3.05, 3.63) is 33.8 Å². The Balaban J connectivity index is 2.18. The van der Waals surface area contributed by atoms with Crippen molar-refractivity contribution in [2.45, 2.75) is 26.7 Å². The molecule has 1 aliphatic rings. The summed E-state index contributed by atoms with van der Waals surface area (Å²) >= 11 is 3.51. The van der Waals surface area contributed by atoms with Crippen molar-refractivity contribution in [3.8, 4) is 0 Å². The smallest absolute Gasteiger partial charge is 0.255 e. The van der Waals surface area contributed by atoms with Crippen LogP contribution in [0.1, 0.15) is 35.7 Å². The zero-order valence-electron chi connectivity index (χ0n) is 10.4. The van der Waals surface area contributed by atoms with E-state index in [-0.39, 0.29) is 5.91 Å². The quantitative estimate of drug-likeness (QED) is 0.831. The van der Waals surface area contributed by atoms with Crippen LogP contribution in [-0.2, 0) is 0 Å². The van der Waals surface area contributed by atoms with Crippen LogP contribution >= 0.6 is 15.9 Å². The zero-order valence-corrected chi connectivity index (χ0v) is 12.0. The molecule has 0 aromatic heterocycles. The van der Waals surface area contributed by atoms with Gasteiger partial charge in [-0.3, -0.25) is 4.79 Å². The Morgan fingerprint density at radius 1 is 1.47 bits per heavy atom. The van der Waals surface area contributed by atoms with Gasteiger partial charge in [-0.15, -0.1) is 0 Å². The summed E-state index contributed by atoms with van der Waals surface area (Å²) in [5, 5.41) is 0. The minimum absolute atomic E-state index is 0.148. The van der Waals surface area contributed by atoms with E-state index in [4.69, 9.17) is 0 Å². The Hall–Kier alpha value is -0.830. The first kappa shape index (κ1) is 12.6. The molecule has 0 saturated heterocycles. The average Bonchev–Trinajstić information content (AvgIpc) is 3.13. The van der Waals surface area contributed by atoms with Gasteiger partial charge in [0.1, 0.15) is 0 Å². The van der Waals surface area contributed by atoms with Gasteiger partial charge in [0.2, 0.25) is 0 Å². The normalized spacial score (nSPS) is 14.8. The molecule has 0 spiro atoms. The number of aryl methyl sites for hydroxylation is 1. The first-order chi connectivity index (χ1) is 8.13. The molecule has 0 unspecified atom stereocenters. The Morgan fingerprint density at radius 3 is 2.76 bits per heavy atom. The molecule has 0 atom stereocenters. The molecule has 2 nitrogen and oxygen atoms in total. The van der Waals surface area contributed by atoms with Gasteiger partial charge in [0.15, 0.2) is 0 Å². The highest BCUT2D eigenvalue weighted by molar-refractivity contribution is 9.10. The number of nitrogens with zero attached hydrogens (tertiary/aromatic N) is 1. The number of rotatable bonds is 4. The summed E-state index contributed by atoms with van der Waals surface area (Å²) < 4.78 is 0.930. The van der Waals surface area contributed by atoms with Crippen LogP contribution in [0.15, 0.2) is 22.7 Å². The highest BCUT2D eigenvalue weighted by atomic mass is 79.9. The van der Waals surface area contributed by atoms with Crippen molar-refractivity contribution in [1.29, 1.82) is 0 Å². The molecule has 0 bridgehead atoms. The highest BCUT2D eigenvalue weighted by Crippen LogP contribution is 2.30. The van der Waals surface area contributed by atoms with Gasteiger partial charge in [0.05, 0.1) is 5.56 Å². The molecule has 2 rings (SSSR count). The van der Waals surface area contributed by atoms with Crippen LogP contribution in [0.3, 0.4) is 0 Å². The lowest BCUT2D eigenvalue weighted by Crippen LogP contribution is -2.33. The van der Waals surface area contributed by atoms with Crippen LogP contribution in [0.5, 0.6) is 0 Å². The van der Waals surface area contributed by atoms with E-state index in [9.17, 15) is 4.79 Å². The SMILES string of the molecule is CCN(CC1CC1)C(=O)c1cccc(C)c1Br. The predicted octanol–water partition coefficient (Wildman–Crippen LogP) is 3.63. The Kier molecular flexibility index (Phi) is 3.87.